The van der Waals surface area contributed by atoms with E-state index in [1.54, 1.807) is 11.8 Å². The van der Waals surface area contributed by atoms with Gasteiger partial charge in [-0.1, -0.05) is 25.1 Å². The summed E-state index contributed by atoms with van der Waals surface area (Å²) in [6.45, 7) is 1.90. The first-order valence-electron chi connectivity index (χ1n) is 5.67. The molecule has 17 heavy (non-hydrogen) atoms. The molecule has 0 aromatic heterocycles. The molecule has 1 rings (SSSR count). The summed E-state index contributed by atoms with van der Waals surface area (Å²) < 4.78 is 23.4. The van der Waals surface area contributed by atoms with E-state index in [0.29, 0.717) is 12.2 Å². The summed E-state index contributed by atoms with van der Waals surface area (Å²) in [6, 6.07) is 9.57. The molecule has 96 valence electrons. The highest BCUT2D eigenvalue weighted by Crippen LogP contribution is 2.17. The molecule has 0 saturated carbocycles. The molecule has 3 nitrogen and oxygen atoms in total. The minimum atomic E-state index is -3.01. The number of nitrogens with two attached hydrogens (primary N) is 1. The maximum Gasteiger partial charge on any atom is 0.152 e. The van der Waals surface area contributed by atoms with E-state index < -0.39 is 9.84 Å². The molecule has 0 spiro atoms. The second kappa shape index (κ2) is 7.03. The topological polar surface area (TPSA) is 60.2 Å². The van der Waals surface area contributed by atoms with Crippen LogP contribution in [0.25, 0.3) is 0 Å². The molecule has 0 aliphatic rings. The Balaban J connectivity index is 2.36. The monoisotopic (exact) mass is 273 g/mol. The Morgan fingerprint density at radius 3 is 2.53 bits per heavy atom. The Morgan fingerprint density at radius 1 is 1.29 bits per heavy atom. The number of thioether (sulfide) groups is 1. The minimum absolute atomic E-state index is 0.0961. The second-order valence-electron chi connectivity index (χ2n) is 3.94. The number of rotatable bonds is 7. The van der Waals surface area contributed by atoms with Crippen LogP contribution in [0.1, 0.15) is 13.3 Å². The molecule has 0 saturated heterocycles. The van der Waals surface area contributed by atoms with Gasteiger partial charge in [-0.15, -0.1) is 11.8 Å². The van der Waals surface area contributed by atoms with Gasteiger partial charge >= 0.3 is 0 Å². The molecule has 1 aromatic rings. The first kappa shape index (κ1) is 14.5. The Hall–Kier alpha value is -0.520. The van der Waals surface area contributed by atoms with Crippen LogP contribution < -0.4 is 5.73 Å². The molecule has 0 aliphatic carbocycles. The van der Waals surface area contributed by atoms with Gasteiger partial charge in [0.2, 0.25) is 0 Å². The molecular weight excluding hydrogens is 254 g/mol. The minimum Gasteiger partial charge on any atom is -0.327 e. The smallest absolute Gasteiger partial charge is 0.152 e. The first-order valence-corrected chi connectivity index (χ1v) is 8.48. The Bertz CT molecular complexity index is 417. The van der Waals surface area contributed by atoms with E-state index in [1.165, 1.54) is 0 Å². The summed E-state index contributed by atoms with van der Waals surface area (Å²) in [5.41, 5.74) is 5.66. The highest BCUT2D eigenvalue weighted by Gasteiger charge is 2.14. The lowest BCUT2D eigenvalue weighted by atomic mass is 10.3. The van der Waals surface area contributed by atoms with Crippen molar-refractivity contribution in [3.63, 3.8) is 0 Å². The Morgan fingerprint density at radius 2 is 1.94 bits per heavy atom. The highest BCUT2D eigenvalue weighted by atomic mass is 32.2. The van der Waals surface area contributed by atoms with Crippen LogP contribution in [0.15, 0.2) is 35.2 Å². The fraction of sp³-hybridized carbons (Fsp3) is 0.500. The zero-order valence-corrected chi connectivity index (χ0v) is 11.6. The molecule has 2 N–H and O–H groups in total. The van der Waals surface area contributed by atoms with Crippen molar-refractivity contribution in [3.8, 4) is 0 Å². The van der Waals surface area contributed by atoms with E-state index in [0.717, 1.165) is 4.90 Å². The standard InChI is InChI=1S/C12H19NO2S2/c1-2-11(13)10-17(14,15)9-8-16-12-6-4-3-5-7-12/h3-7,11H,2,8-10,13H2,1H3. The molecule has 5 heteroatoms. The lowest BCUT2D eigenvalue weighted by molar-refractivity contribution is 0.585. The van der Waals surface area contributed by atoms with E-state index in [9.17, 15) is 8.42 Å². The van der Waals surface area contributed by atoms with Crippen molar-refractivity contribution in [2.24, 2.45) is 5.73 Å². The van der Waals surface area contributed by atoms with Crippen LogP contribution in [-0.4, -0.2) is 31.7 Å². The van der Waals surface area contributed by atoms with E-state index in [1.807, 2.05) is 37.3 Å². The number of sulfone groups is 1. The van der Waals surface area contributed by atoms with Crippen LogP contribution in [0.2, 0.25) is 0 Å². The second-order valence-corrected chi connectivity index (χ2v) is 7.34. The van der Waals surface area contributed by atoms with Crippen molar-refractivity contribution >= 4 is 21.6 Å². The van der Waals surface area contributed by atoms with Gasteiger partial charge in [0, 0.05) is 16.7 Å². The van der Waals surface area contributed by atoms with Gasteiger partial charge in [-0.3, -0.25) is 0 Å². The average molecular weight is 273 g/mol. The number of hydrogen-bond acceptors (Lipinski definition) is 4. The quantitative estimate of drug-likeness (QED) is 0.771. The SMILES string of the molecule is CCC(N)CS(=O)(=O)CCSc1ccccc1. The van der Waals surface area contributed by atoms with Gasteiger partial charge in [-0.25, -0.2) is 8.42 Å². The summed E-state index contributed by atoms with van der Waals surface area (Å²) in [4.78, 5) is 1.10. The van der Waals surface area contributed by atoms with Crippen molar-refractivity contribution in [3.05, 3.63) is 30.3 Å². The highest BCUT2D eigenvalue weighted by molar-refractivity contribution is 8.00. The predicted octanol–water partition coefficient (Wildman–Crippen LogP) is 1.93. The maximum absolute atomic E-state index is 11.7. The van der Waals surface area contributed by atoms with Crippen molar-refractivity contribution in [2.75, 3.05) is 17.3 Å². The largest absolute Gasteiger partial charge is 0.327 e. The van der Waals surface area contributed by atoms with Crippen LogP contribution in [-0.2, 0) is 9.84 Å². The van der Waals surface area contributed by atoms with Crippen molar-refractivity contribution in [1.29, 1.82) is 0 Å². The average Bonchev–Trinajstić information content (AvgIpc) is 2.29. The molecule has 1 unspecified atom stereocenters. The molecule has 1 aromatic carbocycles. The molecular formula is C12H19NO2S2. The van der Waals surface area contributed by atoms with Crippen molar-refractivity contribution < 1.29 is 8.42 Å². The van der Waals surface area contributed by atoms with Gasteiger partial charge < -0.3 is 5.73 Å². The van der Waals surface area contributed by atoms with E-state index in [4.69, 9.17) is 5.73 Å². The van der Waals surface area contributed by atoms with Crippen LogP contribution in [0.5, 0.6) is 0 Å². The fourth-order valence-corrected chi connectivity index (χ4v) is 4.32. The third kappa shape index (κ3) is 6.10. The predicted molar refractivity (Wildman–Crippen MR) is 74.1 cm³/mol. The van der Waals surface area contributed by atoms with Gasteiger partial charge in [-0.05, 0) is 18.6 Å². The lowest BCUT2D eigenvalue weighted by Gasteiger charge is -2.09. The van der Waals surface area contributed by atoms with Gasteiger partial charge in [0.25, 0.3) is 0 Å². The lowest BCUT2D eigenvalue weighted by Crippen LogP contribution is -2.30. The zero-order chi connectivity index (χ0) is 12.7. The first-order chi connectivity index (χ1) is 8.03. The summed E-state index contributed by atoms with van der Waals surface area (Å²) in [5.74, 6) is 0.877. The molecule has 0 bridgehead atoms. The van der Waals surface area contributed by atoms with Crippen LogP contribution in [0.3, 0.4) is 0 Å². The van der Waals surface area contributed by atoms with Gasteiger partial charge in [0.05, 0.1) is 11.5 Å². The Kier molecular flexibility index (Phi) is 6.02. The molecule has 0 aliphatic heterocycles. The molecule has 0 radical (unpaired) electrons. The van der Waals surface area contributed by atoms with E-state index in [-0.39, 0.29) is 17.5 Å². The molecule has 0 heterocycles. The van der Waals surface area contributed by atoms with Gasteiger partial charge in [0.1, 0.15) is 0 Å². The van der Waals surface area contributed by atoms with Crippen LogP contribution >= 0.6 is 11.8 Å². The third-order valence-electron chi connectivity index (χ3n) is 2.40. The van der Waals surface area contributed by atoms with Gasteiger partial charge in [-0.2, -0.15) is 0 Å². The van der Waals surface area contributed by atoms with Gasteiger partial charge in [0.15, 0.2) is 9.84 Å². The van der Waals surface area contributed by atoms with Crippen LogP contribution in [0, 0.1) is 0 Å². The third-order valence-corrected chi connectivity index (χ3v) is 5.43. The number of hydrogen-bond donors (Lipinski definition) is 1. The van der Waals surface area contributed by atoms with E-state index in [2.05, 4.69) is 0 Å². The summed E-state index contributed by atoms with van der Waals surface area (Å²) in [5, 5.41) is 0. The van der Waals surface area contributed by atoms with Crippen molar-refractivity contribution in [1.82, 2.24) is 0 Å². The Labute approximate surface area is 108 Å². The summed E-state index contributed by atoms with van der Waals surface area (Å²) in [7, 11) is -3.01. The van der Waals surface area contributed by atoms with Crippen LogP contribution in [0.4, 0.5) is 0 Å². The van der Waals surface area contributed by atoms with Crippen molar-refractivity contribution in [2.45, 2.75) is 24.3 Å². The van der Waals surface area contributed by atoms with E-state index >= 15 is 0 Å². The maximum atomic E-state index is 11.7. The zero-order valence-electron chi connectivity index (χ0n) is 10.0. The summed E-state index contributed by atoms with van der Waals surface area (Å²) >= 11 is 1.56. The molecule has 0 amide bonds. The molecule has 0 fully saturated rings. The summed E-state index contributed by atoms with van der Waals surface area (Å²) in [6.07, 6.45) is 0.699. The number of benzene rings is 1. The normalized spacial score (nSPS) is 13.5. The molecule has 1 atom stereocenters. The fourth-order valence-electron chi connectivity index (χ4n) is 1.33.